The summed E-state index contributed by atoms with van der Waals surface area (Å²) in [6.45, 7) is 2.51. The minimum absolute atomic E-state index is 0.104. The molecule has 1 heterocycles. The van der Waals surface area contributed by atoms with Crippen LogP contribution in [0.1, 0.15) is 44.7 Å². The summed E-state index contributed by atoms with van der Waals surface area (Å²) in [7, 11) is 0. The van der Waals surface area contributed by atoms with Gasteiger partial charge < -0.3 is 16.0 Å². The van der Waals surface area contributed by atoms with Crippen LogP contribution in [0.2, 0.25) is 0 Å². The number of alkyl halides is 3. The van der Waals surface area contributed by atoms with Crippen molar-refractivity contribution in [1.82, 2.24) is 10.6 Å². The average Bonchev–Trinajstić information content (AvgIpc) is 2.87. The normalized spacial score (nSPS) is 17.0. The maximum Gasteiger partial charge on any atom is 0.390 e. The molecule has 2 atom stereocenters. The Morgan fingerprint density at radius 2 is 1.61 bits per heavy atom. The molecular formula is C24H26F3N3O3. The van der Waals surface area contributed by atoms with E-state index in [0.29, 0.717) is 17.7 Å². The van der Waals surface area contributed by atoms with Gasteiger partial charge in [0.25, 0.3) is 5.91 Å². The number of halogens is 3. The summed E-state index contributed by atoms with van der Waals surface area (Å²) >= 11 is 0. The van der Waals surface area contributed by atoms with Gasteiger partial charge in [-0.25, -0.2) is 0 Å². The van der Waals surface area contributed by atoms with E-state index >= 15 is 0 Å². The summed E-state index contributed by atoms with van der Waals surface area (Å²) in [5.41, 5.74) is 1.05. The number of hydrogen-bond donors (Lipinski definition) is 3. The third-order valence-electron chi connectivity index (χ3n) is 5.73. The molecule has 0 aromatic heterocycles. The number of carbonyl (C=O) groups excluding carboxylic acids is 3. The second-order valence-corrected chi connectivity index (χ2v) is 8.23. The fourth-order valence-corrected chi connectivity index (χ4v) is 3.94. The monoisotopic (exact) mass is 461 g/mol. The quantitative estimate of drug-likeness (QED) is 0.536. The van der Waals surface area contributed by atoms with Gasteiger partial charge in [-0.3, -0.25) is 14.4 Å². The number of fused-ring (bicyclic) bond motifs is 3. The van der Waals surface area contributed by atoms with Crippen LogP contribution in [0.4, 0.5) is 18.9 Å². The van der Waals surface area contributed by atoms with E-state index in [1.165, 1.54) is 6.92 Å². The van der Waals surface area contributed by atoms with Crippen LogP contribution in [0, 0.1) is 5.41 Å². The Bertz CT molecular complexity index is 1050. The fraction of sp³-hybridized carbons (Fsp3) is 0.375. The molecule has 0 saturated heterocycles. The van der Waals surface area contributed by atoms with Gasteiger partial charge in [0.2, 0.25) is 11.8 Å². The Morgan fingerprint density at radius 1 is 0.970 bits per heavy atom. The van der Waals surface area contributed by atoms with E-state index in [9.17, 15) is 27.6 Å². The van der Waals surface area contributed by atoms with Gasteiger partial charge in [0, 0.05) is 17.8 Å². The molecule has 33 heavy (non-hydrogen) atoms. The van der Waals surface area contributed by atoms with Crippen LogP contribution in [0.25, 0.3) is 11.1 Å². The number of anilines is 1. The van der Waals surface area contributed by atoms with Crippen LogP contribution < -0.4 is 16.0 Å². The highest BCUT2D eigenvalue weighted by molar-refractivity contribution is 6.08. The number of amides is 3. The highest BCUT2D eigenvalue weighted by atomic mass is 19.4. The highest BCUT2D eigenvalue weighted by Gasteiger charge is 2.43. The average molecular weight is 461 g/mol. The Hall–Kier alpha value is -3.36. The largest absolute Gasteiger partial charge is 0.390 e. The Labute approximate surface area is 189 Å². The van der Waals surface area contributed by atoms with Gasteiger partial charge >= 0.3 is 6.18 Å². The lowest BCUT2D eigenvalue weighted by Gasteiger charge is -2.29. The second-order valence-electron chi connectivity index (χ2n) is 8.23. The van der Waals surface area contributed by atoms with Crippen molar-refractivity contribution in [3.63, 3.8) is 0 Å². The van der Waals surface area contributed by atoms with Crippen LogP contribution in [0.15, 0.2) is 48.5 Å². The van der Waals surface area contributed by atoms with Crippen molar-refractivity contribution >= 4 is 23.4 Å². The van der Waals surface area contributed by atoms with Crippen LogP contribution in [0.5, 0.6) is 0 Å². The van der Waals surface area contributed by atoms with E-state index in [1.54, 1.807) is 31.2 Å². The first kappa shape index (κ1) is 24.3. The van der Waals surface area contributed by atoms with Gasteiger partial charge in [-0.1, -0.05) is 55.8 Å². The summed E-state index contributed by atoms with van der Waals surface area (Å²) in [6, 6.07) is 13.3. The highest BCUT2D eigenvalue weighted by Crippen LogP contribution is 2.37. The van der Waals surface area contributed by atoms with E-state index in [4.69, 9.17) is 0 Å². The van der Waals surface area contributed by atoms with E-state index in [2.05, 4.69) is 16.0 Å². The topological polar surface area (TPSA) is 87.3 Å². The predicted octanol–water partition coefficient (Wildman–Crippen LogP) is 4.34. The van der Waals surface area contributed by atoms with Gasteiger partial charge in [0.1, 0.15) is 11.5 Å². The third kappa shape index (κ3) is 5.35. The van der Waals surface area contributed by atoms with Gasteiger partial charge in [0.05, 0.1) is 6.42 Å². The van der Waals surface area contributed by atoms with Crippen molar-refractivity contribution in [3.8, 4) is 11.1 Å². The van der Waals surface area contributed by atoms with E-state index in [-0.39, 0.29) is 6.42 Å². The van der Waals surface area contributed by atoms with Crippen LogP contribution >= 0.6 is 0 Å². The Morgan fingerprint density at radius 3 is 2.27 bits per heavy atom. The molecule has 6 nitrogen and oxygen atoms in total. The number of rotatable bonds is 7. The van der Waals surface area contributed by atoms with Crippen molar-refractivity contribution in [1.29, 1.82) is 0 Å². The zero-order chi connectivity index (χ0) is 24.2. The molecule has 9 heteroatoms. The first-order chi connectivity index (χ1) is 15.6. The molecule has 176 valence electrons. The van der Waals surface area contributed by atoms with Crippen molar-refractivity contribution < 1.29 is 27.6 Å². The lowest BCUT2D eigenvalue weighted by molar-refractivity contribution is -0.146. The zero-order valence-electron chi connectivity index (χ0n) is 18.4. The molecule has 0 spiro atoms. The molecule has 1 aliphatic heterocycles. The third-order valence-corrected chi connectivity index (χ3v) is 5.73. The summed E-state index contributed by atoms with van der Waals surface area (Å²) in [5, 5.41) is 7.71. The van der Waals surface area contributed by atoms with E-state index in [0.717, 1.165) is 11.1 Å². The molecule has 0 fully saturated rings. The maximum atomic E-state index is 13.3. The number of hydrogen-bond acceptors (Lipinski definition) is 3. The fourth-order valence-electron chi connectivity index (χ4n) is 3.94. The SMILES string of the molecule is CCCC(C)(C(=O)NCCC(F)(F)F)C(=O)N[C@H]1C(=O)Nc2ccccc2-c2ccccc21. The molecule has 0 radical (unpaired) electrons. The lowest BCUT2D eigenvalue weighted by Crippen LogP contribution is -2.52. The summed E-state index contributed by atoms with van der Waals surface area (Å²) in [5.74, 6) is -2.01. The van der Waals surface area contributed by atoms with Crippen molar-refractivity contribution in [2.24, 2.45) is 5.41 Å². The van der Waals surface area contributed by atoms with Gasteiger partial charge in [-0.15, -0.1) is 0 Å². The van der Waals surface area contributed by atoms with Gasteiger partial charge in [-0.05, 0) is 30.5 Å². The molecule has 1 aliphatic rings. The molecule has 3 amide bonds. The lowest BCUT2D eigenvalue weighted by atomic mass is 9.82. The number of carbonyl (C=O) groups is 3. The summed E-state index contributed by atoms with van der Waals surface area (Å²) in [6.07, 6.45) is -5.07. The predicted molar refractivity (Wildman–Crippen MR) is 118 cm³/mol. The summed E-state index contributed by atoms with van der Waals surface area (Å²) in [4.78, 5) is 39.1. The minimum atomic E-state index is -4.42. The van der Waals surface area contributed by atoms with Crippen LogP contribution in [-0.2, 0) is 14.4 Å². The summed E-state index contributed by atoms with van der Waals surface area (Å²) < 4.78 is 37.4. The van der Waals surface area contributed by atoms with Gasteiger partial charge in [-0.2, -0.15) is 13.2 Å². The molecule has 0 bridgehead atoms. The van der Waals surface area contributed by atoms with E-state index < -0.39 is 48.3 Å². The molecule has 3 N–H and O–H groups in total. The number of nitrogens with one attached hydrogen (secondary N) is 3. The molecule has 3 rings (SSSR count). The molecule has 0 saturated carbocycles. The Kier molecular flexibility index (Phi) is 7.09. The zero-order valence-corrected chi connectivity index (χ0v) is 18.4. The maximum absolute atomic E-state index is 13.3. The van der Waals surface area contributed by atoms with Crippen molar-refractivity contribution in [2.45, 2.75) is 45.3 Å². The second kappa shape index (κ2) is 9.64. The number of para-hydroxylation sites is 1. The minimum Gasteiger partial charge on any atom is -0.355 e. The van der Waals surface area contributed by atoms with Crippen molar-refractivity contribution in [3.05, 3.63) is 54.1 Å². The molecule has 2 aromatic rings. The first-order valence-electron chi connectivity index (χ1n) is 10.7. The van der Waals surface area contributed by atoms with Crippen LogP contribution in [0.3, 0.4) is 0 Å². The molecule has 0 aliphatic carbocycles. The Balaban J connectivity index is 1.88. The number of benzene rings is 2. The van der Waals surface area contributed by atoms with E-state index in [1.807, 2.05) is 24.3 Å². The van der Waals surface area contributed by atoms with Crippen LogP contribution in [-0.4, -0.2) is 30.4 Å². The first-order valence-corrected chi connectivity index (χ1v) is 10.7. The standard InChI is InChI=1S/C24H26F3N3O3/c1-3-12-23(2,21(32)28-14-13-24(25,26)27)22(33)30-19-17-10-5-4-8-15(17)16-9-6-7-11-18(16)29-20(19)31/h4-11,19H,3,12-14H2,1-2H3,(H,28,32)(H,29,31)(H,30,33)/t19-,23?/m1/s1. The van der Waals surface area contributed by atoms with Gasteiger partial charge in [0.15, 0.2) is 0 Å². The van der Waals surface area contributed by atoms with Crippen molar-refractivity contribution in [2.75, 3.05) is 11.9 Å². The smallest absolute Gasteiger partial charge is 0.355 e. The molecule has 2 aromatic carbocycles. The molecular weight excluding hydrogens is 435 g/mol. The molecule has 1 unspecified atom stereocenters.